The number of methoxy groups -OCH3 is 1. The standard InChI is InChI=1S/C20H24N2O5/c1-13-8-9-16(17(10-13)25-4)26-11-18(23)21-22-19(24)12-27-20-14(2)6-5-7-15(20)3/h5-10H,11-12H2,1-4H3,(H,21,23)(H,22,24). The van der Waals surface area contributed by atoms with E-state index in [0.29, 0.717) is 17.2 Å². The van der Waals surface area contributed by atoms with Gasteiger partial charge in [0.2, 0.25) is 0 Å². The van der Waals surface area contributed by atoms with Crippen molar-refractivity contribution in [1.29, 1.82) is 0 Å². The Morgan fingerprint density at radius 2 is 1.44 bits per heavy atom. The maximum atomic E-state index is 11.8. The van der Waals surface area contributed by atoms with E-state index in [4.69, 9.17) is 14.2 Å². The largest absolute Gasteiger partial charge is 0.493 e. The molecule has 2 rings (SSSR count). The number of hydrogen-bond acceptors (Lipinski definition) is 5. The number of amides is 2. The molecule has 0 saturated heterocycles. The Labute approximate surface area is 158 Å². The molecule has 0 unspecified atom stereocenters. The third kappa shape index (κ3) is 5.91. The number of para-hydroxylation sites is 1. The molecule has 0 atom stereocenters. The summed E-state index contributed by atoms with van der Waals surface area (Å²) < 4.78 is 16.1. The number of carbonyl (C=O) groups excluding carboxylic acids is 2. The second-order valence-corrected chi connectivity index (χ2v) is 6.05. The fraction of sp³-hybridized carbons (Fsp3) is 0.300. The van der Waals surface area contributed by atoms with Gasteiger partial charge in [0.1, 0.15) is 5.75 Å². The number of nitrogens with one attached hydrogen (secondary N) is 2. The number of carbonyl (C=O) groups is 2. The van der Waals surface area contributed by atoms with E-state index >= 15 is 0 Å². The fourth-order valence-electron chi connectivity index (χ4n) is 2.41. The zero-order valence-corrected chi connectivity index (χ0v) is 15.9. The molecule has 2 amide bonds. The lowest BCUT2D eigenvalue weighted by Crippen LogP contribution is -2.45. The highest BCUT2D eigenvalue weighted by Crippen LogP contribution is 2.27. The number of ether oxygens (including phenoxy) is 3. The highest BCUT2D eigenvalue weighted by atomic mass is 16.5. The summed E-state index contributed by atoms with van der Waals surface area (Å²) in [6, 6.07) is 11.1. The highest BCUT2D eigenvalue weighted by molar-refractivity contribution is 5.83. The lowest BCUT2D eigenvalue weighted by molar-refractivity contribution is -0.131. The summed E-state index contributed by atoms with van der Waals surface area (Å²) >= 11 is 0. The Morgan fingerprint density at radius 1 is 0.852 bits per heavy atom. The first kappa shape index (κ1) is 20.1. The molecule has 0 radical (unpaired) electrons. The van der Waals surface area contributed by atoms with Crippen molar-refractivity contribution in [1.82, 2.24) is 10.9 Å². The van der Waals surface area contributed by atoms with Crippen LogP contribution in [0, 0.1) is 20.8 Å². The summed E-state index contributed by atoms with van der Waals surface area (Å²) in [5.41, 5.74) is 7.46. The van der Waals surface area contributed by atoms with Gasteiger partial charge in [0.05, 0.1) is 7.11 Å². The van der Waals surface area contributed by atoms with Crippen LogP contribution in [-0.2, 0) is 9.59 Å². The van der Waals surface area contributed by atoms with Crippen LogP contribution in [-0.4, -0.2) is 32.1 Å². The van der Waals surface area contributed by atoms with Crippen molar-refractivity contribution in [2.24, 2.45) is 0 Å². The van der Waals surface area contributed by atoms with E-state index in [1.54, 1.807) is 12.1 Å². The van der Waals surface area contributed by atoms with Crippen LogP contribution in [0.3, 0.4) is 0 Å². The Morgan fingerprint density at radius 3 is 2.04 bits per heavy atom. The second kappa shape index (κ2) is 9.47. The van der Waals surface area contributed by atoms with Gasteiger partial charge in [-0.1, -0.05) is 24.3 Å². The molecule has 2 aromatic rings. The Balaban J connectivity index is 1.76. The summed E-state index contributed by atoms with van der Waals surface area (Å²) in [5.74, 6) is 0.669. The van der Waals surface area contributed by atoms with Gasteiger partial charge in [-0.2, -0.15) is 0 Å². The number of aryl methyl sites for hydroxylation is 3. The van der Waals surface area contributed by atoms with Crippen molar-refractivity contribution in [3.63, 3.8) is 0 Å². The zero-order valence-electron chi connectivity index (χ0n) is 15.9. The van der Waals surface area contributed by atoms with Gasteiger partial charge in [0.25, 0.3) is 11.8 Å². The number of benzene rings is 2. The van der Waals surface area contributed by atoms with Crippen molar-refractivity contribution >= 4 is 11.8 Å². The van der Waals surface area contributed by atoms with Crippen molar-refractivity contribution in [3.05, 3.63) is 53.1 Å². The zero-order chi connectivity index (χ0) is 19.8. The van der Waals surface area contributed by atoms with Gasteiger partial charge in [-0.3, -0.25) is 20.4 Å². The molecule has 0 aromatic heterocycles. The van der Waals surface area contributed by atoms with Crippen LogP contribution < -0.4 is 25.1 Å². The highest BCUT2D eigenvalue weighted by Gasteiger charge is 2.10. The van der Waals surface area contributed by atoms with Crippen LogP contribution in [0.5, 0.6) is 17.2 Å². The van der Waals surface area contributed by atoms with Gasteiger partial charge >= 0.3 is 0 Å². The first-order chi connectivity index (χ1) is 12.9. The number of hydrazine groups is 1. The van der Waals surface area contributed by atoms with E-state index in [1.165, 1.54) is 7.11 Å². The molecule has 2 aromatic carbocycles. The molecule has 144 valence electrons. The third-order valence-corrected chi connectivity index (χ3v) is 3.78. The first-order valence-electron chi connectivity index (χ1n) is 8.45. The fourth-order valence-corrected chi connectivity index (χ4v) is 2.41. The average molecular weight is 372 g/mol. The Bertz CT molecular complexity index is 800. The molecule has 27 heavy (non-hydrogen) atoms. The van der Waals surface area contributed by atoms with E-state index in [9.17, 15) is 9.59 Å². The molecule has 0 heterocycles. The van der Waals surface area contributed by atoms with Gasteiger partial charge in [-0.25, -0.2) is 0 Å². The van der Waals surface area contributed by atoms with Crippen molar-refractivity contribution in [2.45, 2.75) is 20.8 Å². The summed E-state index contributed by atoms with van der Waals surface area (Å²) in [6.45, 7) is 5.25. The molecule has 0 bridgehead atoms. The maximum absolute atomic E-state index is 11.8. The molecule has 0 saturated carbocycles. The minimum atomic E-state index is -0.502. The molecular weight excluding hydrogens is 348 g/mol. The van der Waals surface area contributed by atoms with E-state index in [2.05, 4.69) is 10.9 Å². The minimum absolute atomic E-state index is 0.210. The predicted molar refractivity (Wildman–Crippen MR) is 101 cm³/mol. The van der Waals surface area contributed by atoms with Gasteiger partial charge in [0, 0.05) is 0 Å². The van der Waals surface area contributed by atoms with Crippen LogP contribution in [0.15, 0.2) is 36.4 Å². The molecule has 0 aliphatic carbocycles. The van der Waals surface area contributed by atoms with E-state index in [1.807, 2.05) is 45.0 Å². The van der Waals surface area contributed by atoms with Crippen LogP contribution in [0.4, 0.5) is 0 Å². The molecule has 2 N–H and O–H groups in total. The molecule has 7 nitrogen and oxygen atoms in total. The van der Waals surface area contributed by atoms with Crippen LogP contribution >= 0.6 is 0 Å². The summed E-state index contributed by atoms with van der Waals surface area (Å²) in [6.07, 6.45) is 0. The third-order valence-electron chi connectivity index (χ3n) is 3.78. The number of rotatable bonds is 7. The van der Waals surface area contributed by atoms with Gasteiger partial charge < -0.3 is 14.2 Å². The van der Waals surface area contributed by atoms with E-state index in [0.717, 1.165) is 16.7 Å². The van der Waals surface area contributed by atoms with Crippen molar-refractivity contribution < 1.29 is 23.8 Å². The lowest BCUT2D eigenvalue weighted by atomic mass is 10.1. The average Bonchev–Trinajstić information content (AvgIpc) is 2.64. The van der Waals surface area contributed by atoms with Crippen LogP contribution in [0.2, 0.25) is 0 Å². The summed E-state index contributed by atoms with van der Waals surface area (Å²) in [5, 5.41) is 0. The number of hydrogen-bond donors (Lipinski definition) is 2. The van der Waals surface area contributed by atoms with Gasteiger partial charge in [-0.05, 0) is 49.6 Å². The normalized spacial score (nSPS) is 10.1. The predicted octanol–water partition coefficient (Wildman–Crippen LogP) is 2.23. The quantitative estimate of drug-likeness (QED) is 0.728. The maximum Gasteiger partial charge on any atom is 0.276 e. The topological polar surface area (TPSA) is 85.9 Å². The smallest absolute Gasteiger partial charge is 0.276 e. The van der Waals surface area contributed by atoms with Crippen LogP contribution in [0.1, 0.15) is 16.7 Å². The molecule has 0 aliphatic rings. The molecule has 0 aliphatic heterocycles. The lowest BCUT2D eigenvalue weighted by Gasteiger charge is -2.13. The minimum Gasteiger partial charge on any atom is -0.493 e. The molecule has 0 spiro atoms. The molecule has 7 heteroatoms. The SMILES string of the molecule is COc1cc(C)ccc1OCC(=O)NNC(=O)COc1c(C)cccc1C. The second-order valence-electron chi connectivity index (χ2n) is 6.05. The van der Waals surface area contributed by atoms with Crippen molar-refractivity contribution in [2.75, 3.05) is 20.3 Å². The Hall–Kier alpha value is -3.22. The van der Waals surface area contributed by atoms with E-state index in [-0.39, 0.29) is 13.2 Å². The van der Waals surface area contributed by atoms with Crippen molar-refractivity contribution in [3.8, 4) is 17.2 Å². The Kier molecular flexibility index (Phi) is 7.05. The van der Waals surface area contributed by atoms with Gasteiger partial charge in [0.15, 0.2) is 24.7 Å². The molecular formula is C20H24N2O5. The van der Waals surface area contributed by atoms with E-state index < -0.39 is 11.8 Å². The van der Waals surface area contributed by atoms with Gasteiger partial charge in [-0.15, -0.1) is 0 Å². The molecule has 0 fully saturated rings. The summed E-state index contributed by atoms with van der Waals surface area (Å²) in [7, 11) is 1.53. The summed E-state index contributed by atoms with van der Waals surface area (Å²) in [4.78, 5) is 23.7. The first-order valence-corrected chi connectivity index (χ1v) is 8.45. The van der Waals surface area contributed by atoms with Crippen LogP contribution in [0.25, 0.3) is 0 Å². The monoisotopic (exact) mass is 372 g/mol.